The molecule has 0 aliphatic rings. The lowest BCUT2D eigenvalue weighted by atomic mass is 10.2. The number of carboxylic acids is 1. The van der Waals surface area contributed by atoms with Crippen molar-refractivity contribution in [1.29, 1.82) is 0 Å². The molecular formula is C8H14O5. The van der Waals surface area contributed by atoms with Gasteiger partial charge in [0.2, 0.25) is 0 Å². The number of aliphatic carboxylic acids is 1. The lowest BCUT2D eigenvalue weighted by Crippen LogP contribution is -2.24. The Bertz CT molecular complexity index is 177. The minimum Gasteiger partial charge on any atom is -0.479 e. The summed E-state index contributed by atoms with van der Waals surface area (Å²) in [5.74, 6) is -2.09. The Kier molecular flexibility index (Phi) is 5.88. The summed E-state index contributed by atoms with van der Waals surface area (Å²) in [4.78, 5) is 20.9. The van der Waals surface area contributed by atoms with Crippen molar-refractivity contribution in [3.05, 3.63) is 0 Å². The summed E-state index contributed by atoms with van der Waals surface area (Å²) in [7, 11) is 0. The fourth-order valence-corrected chi connectivity index (χ4v) is 0.634. The van der Waals surface area contributed by atoms with E-state index in [1.807, 2.05) is 6.92 Å². The molecule has 0 aromatic rings. The Morgan fingerprint density at radius 2 is 2.08 bits per heavy atom. The van der Waals surface area contributed by atoms with Crippen LogP contribution in [0.15, 0.2) is 0 Å². The van der Waals surface area contributed by atoms with Gasteiger partial charge in [0.05, 0.1) is 13.0 Å². The molecule has 1 atom stereocenters. The van der Waals surface area contributed by atoms with Gasteiger partial charge in [-0.15, -0.1) is 0 Å². The van der Waals surface area contributed by atoms with Crippen LogP contribution in [0.2, 0.25) is 0 Å². The Morgan fingerprint density at radius 3 is 2.54 bits per heavy atom. The number of hydrogen-bond donors (Lipinski definition) is 2. The lowest BCUT2D eigenvalue weighted by Gasteiger charge is -2.05. The SMILES string of the molecule is CCCCOC(=O)C[C@@H](O)C(=O)O. The molecule has 0 saturated carbocycles. The maximum Gasteiger partial charge on any atom is 0.333 e. The monoisotopic (exact) mass is 190 g/mol. The van der Waals surface area contributed by atoms with E-state index in [1.54, 1.807) is 0 Å². The van der Waals surface area contributed by atoms with Crippen molar-refractivity contribution >= 4 is 11.9 Å². The van der Waals surface area contributed by atoms with Crippen LogP contribution in [0, 0.1) is 0 Å². The highest BCUT2D eigenvalue weighted by molar-refractivity contribution is 5.80. The number of hydrogen-bond acceptors (Lipinski definition) is 4. The number of aliphatic hydroxyl groups excluding tert-OH is 1. The minimum absolute atomic E-state index is 0.279. The van der Waals surface area contributed by atoms with Crippen LogP contribution in [0.3, 0.4) is 0 Å². The third kappa shape index (κ3) is 6.10. The molecule has 0 amide bonds. The van der Waals surface area contributed by atoms with Gasteiger partial charge in [0.25, 0.3) is 0 Å². The van der Waals surface area contributed by atoms with E-state index in [9.17, 15) is 9.59 Å². The molecule has 5 nitrogen and oxygen atoms in total. The van der Waals surface area contributed by atoms with Crippen molar-refractivity contribution in [1.82, 2.24) is 0 Å². The van der Waals surface area contributed by atoms with Gasteiger partial charge in [-0.1, -0.05) is 13.3 Å². The Hall–Kier alpha value is -1.10. The Balaban J connectivity index is 3.56. The summed E-state index contributed by atoms with van der Waals surface area (Å²) in [6.45, 7) is 2.22. The van der Waals surface area contributed by atoms with Gasteiger partial charge < -0.3 is 14.9 Å². The summed E-state index contributed by atoms with van der Waals surface area (Å²) in [5.41, 5.74) is 0. The van der Waals surface area contributed by atoms with Crippen LogP contribution in [0.25, 0.3) is 0 Å². The molecule has 2 N–H and O–H groups in total. The van der Waals surface area contributed by atoms with E-state index in [1.165, 1.54) is 0 Å². The van der Waals surface area contributed by atoms with Crippen molar-refractivity contribution in [3.63, 3.8) is 0 Å². The molecule has 0 aliphatic carbocycles. The van der Waals surface area contributed by atoms with Crippen molar-refractivity contribution < 1.29 is 24.5 Å². The first-order valence-electron chi connectivity index (χ1n) is 4.14. The number of carboxylic acid groups (broad SMARTS) is 1. The van der Waals surface area contributed by atoms with Gasteiger partial charge in [0, 0.05) is 0 Å². The van der Waals surface area contributed by atoms with Crippen LogP contribution in [-0.4, -0.2) is 34.9 Å². The molecule has 0 aromatic heterocycles. The Morgan fingerprint density at radius 1 is 1.46 bits per heavy atom. The van der Waals surface area contributed by atoms with E-state index in [-0.39, 0.29) is 6.61 Å². The van der Waals surface area contributed by atoms with E-state index in [0.29, 0.717) is 0 Å². The van der Waals surface area contributed by atoms with Gasteiger partial charge in [-0.3, -0.25) is 4.79 Å². The second-order valence-electron chi connectivity index (χ2n) is 2.63. The third-order valence-corrected chi connectivity index (χ3v) is 1.41. The summed E-state index contributed by atoms with van der Waals surface area (Å²) >= 11 is 0. The molecule has 0 bridgehead atoms. The van der Waals surface area contributed by atoms with Crippen LogP contribution in [0.1, 0.15) is 26.2 Å². The van der Waals surface area contributed by atoms with E-state index >= 15 is 0 Å². The van der Waals surface area contributed by atoms with Crippen LogP contribution in [0.4, 0.5) is 0 Å². The number of aliphatic hydroxyl groups is 1. The molecule has 13 heavy (non-hydrogen) atoms. The minimum atomic E-state index is -1.66. The molecule has 76 valence electrons. The predicted octanol–water partition coefficient (Wildman–Crippen LogP) is 0.165. The molecule has 0 radical (unpaired) electrons. The number of ether oxygens (including phenoxy) is 1. The molecule has 0 aliphatic heterocycles. The van der Waals surface area contributed by atoms with Crippen LogP contribution < -0.4 is 0 Å². The van der Waals surface area contributed by atoms with Gasteiger partial charge in [0.1, 0.15) is 0 Å². The molecule has 0 fully saturated rings. The van der Waals surface area contributed by atoms with Crippen molar-refractivity contribution in [2.24, 2.45) is 0 Å². The number of esters is 1. The molecule has 0 spiro atoms. The van der Waals surface area contributed by atoms with Crippen molar-refractivity contribution in [3.8, 4) is 0 Å². The second kappa shape index (κ2) is 6.42. The van der Waals surface area contributed by atoms with Gasteiger partial charge in [-0.2, -0.15) is 0 Å². The summed E-state index contributed by atoms with van der Waals surface area (Å²) in [6.07, 6.45) is -0.503. The topological polar surface area (TPSA) is 83.8 Å². The third-order valence-electron chi connectivity index (χ3n) is 1.41. The number of carbonyl (C=O) groups is 2. The van der Waals surface area contributed by atoms with Gasteiger partial charge >= 0.3 is 11.9 Å². The molecule has 0 aromatic carbocycles. The largest absolute Gasteiger partial charge is 0.479 e. The van der Waals surface area contributed by atoms with E-state index < -0.39 is 24.5 Å². The standard InChI is InChI=1S/C8H14O5/c1-2-3-4-13-7(10)5-6(9)8(11)12/h6,9H,2-5H2,1H3,(H,11,12)/t6-/m1/s1. The first-order chi connectivity index (χ1) is 6.07. The van der Waals surface area contributed by atoms with Gasteiger partial charge in [-0.25, -0.2) is 4.79 Å². The first kappa shape index (κ1) is 11.9. The van der Waals surface area contributed by atoms with Gasteiger partial charge in [-0.05, 0) is 6.42 Å². The molecule has 0 saturated heterocycles. The van der Waals surface area contributed by atoms with E-state index in [2.05, 4.69) is 4.74 Å². The maximum atomic E-state index is 10.8. The lowest BCUT2D eigenvalue weighted by molar-refractivity contribution is -0.155. The smallest absolute Gasteiger partial charge is 0.333 e. The van der Waals surface area contributed by atoms with Crippen molar-refractivity contribution in [2.45, 2.75) is 32.3 Å². The average molecular weight is 190 g/mol. The molecule has 0 rings (SSSR count). The fourth-order valence-electron chi connectivity index (χ4n) is 0.634. The van der Waals surface area contributed by atoms with Crippen LogP contribution in [-0.2, 0) is 14.3 Å². The fraction of sp³-hybridized carbons (Fsp3) is 0.750. The van der Waals surface area contributed by atoms with Crippen LogP contribution >= 0.6 is 0 Å². The molecule has 0 heterocycles. The normalized spacial score (nSPS) is 12.2. The summed E-state index contributed by atoms with van der Waals surface area (Å²) < 4.78 is 4.64. The highest BCUT2D eigenvalue weighted by atomic mass is 16.5. The summed E-state index contributed by atoms with van der Waals surface area (Å²) in [5, 5.41) is 17.0. The van der Waals surface area contributed by atoms with E-state index in [4.69, 9.17) is 10.2 Å². The number of carbonyl (C=O) groups excluding carboxylic acids is 1. The molecular weight excluding hydrogens is 176 g/mol. The number of rotatable bonds is 6. The highest BCUT2D eigenvalue weighted by Crippen LogP contribution is 1.96. The molecule has 5 heteroatoms. The predicted molar refractivity (Wildman–Crippen MR) is 44.1 cm³/mol. The zero-order chi connectivity index (χ0) is 10.3. The van der Waals surface area contributed by atoms with Crippen LogP contribution in [0.5, 0.6) is 0 Å². The van der Waals surface area contributed by atoms with E-state index in [0.717, 1.165) is 12.8 Å². The molecule has 0 unspecified atom stereocenters. The highest BCUT2D eigenvalue weighted by Gasteiger charge is 2.18. The van der Waals surface area contributed by atoms with Crippen molar-refractivity contribution in [2.75, 3.05) is 6.61 Å². The zero-order valence-electron chi connectivity index (χ0n) is 7.52. The first-order valence-corrected chi connectivity index (χ1v) is 4.14. The average Bonchev–Trinajstić information content (AvgIpc) is 2.04. The zero-order valence-corrected chi connectivity index (χ0v) is 7.52. The Labute approximate surface area is 76.3 Å². The quantitative estimate of drug-likeness (QED) is 0.460. The summed E-state index contributed by atoms with van der Waals surface area (Å²) in [6, 6.07) is 0. The number of unbranched alkanes of at least 4 members (excludes halogenated alkanes) is 1. The van der Waals surface area contributed by atoms with Gasteiger partial charge in [0.15, 0.2) is 6.10 Å². The second-order valence-corrected chi connectivity index (χ2v) is 2.63. The maximum absolute atomic E-state index is 10.8.